The van der Waals surface area contributed by atoms with Crippen molar-refractivity contribution in [1.82, 2.24) is 9.21 Å². The lowest BCUT2D eigenvalue weighted by molar-refractivity contribution is 0.0752. The maximum Gasteiger partial charge on any atom is 0.254 e. The number of benzene rings is 2. The van der Waals surface area contributed by atoms with Gasteiger partial charge in [0.25, 0.3) is 5.91 Å². The fourth-order valence-electron chi connectivity index (χ4n) is 3.77. The summed E-state index contributed by atoms with van der Waals surface area (Å²) in [5.74, 6) is 0.459. The highest BCUT2D eigenvalue weighted by Gasteiger charge is 2.28. The summed E-state index contributed by atoms with van der Waals surface area (Å²) in [6.07, 6.45) is 1.77. The van der Waals surface area contributed by atoms with Crippen LogP contribution in [-0.4, -0.2) is 57.3 Å². The van der Waals surface area contributed by atoms with E-state index in [0.717, 1.165) is 24.1 Å². The van der Waals surface area contributed by atoms with E-state index < -0.39 is 10.0 Å². The molecular formula is C24H33N3O3S. The Bertz CT molecular complexity index is 978. The van der Waals surface area contributed by atoms with Crippen LogP contribution in [-0.2, 0) is 16.6 Å². The predicted octanol–water partition coefficient (Wildman–Crippen LogP) is 3.84. The number of anilines is 1. The largest absolute Gasteiger partial charge is 0.378 e. The monoisotopic (exact) mass is 443 g/mol. The van der Waals surface area contributed by atoms with Gasteiger partial charge < -0.3 is 9.80 Å². The molecule has 0 bridgehead atoms. The van der Waals surface area contributed by atoms with Crippen molar-refractivity contribution in [1.29, 1.82) is 0 Å². The lowest BCUT2D eigenvalue weighted by Crippen LogP contribution is -2.37. The Labute approximate surface area is 186 Å². The normalized spacial score (nSPS) is 15.6. The molecule has 1 fully saturated rings. The van der Waals surface area contributed by atoms with E-state index in [1.54, 1.807) is 33.5 Å². The highest BCUT2D eigenvalue weighted by Crippen LogP contribution is 2.24. The zero-order valence-electron chi connectivity index (χ0n) is 18.9. The van der Waals surface area contributed by atoms with Crippen molar-refractivity contribution in [2.45, 2.75) is 38.1 Å². The summed E-state index contributed by atoms with van der Waals surface area (Å²) in [5.41, 5.74) is 2.66. The molecule has 2 aromatic carbocycles. The van der Waals surface area contributed by atoms with Crippen molar-refractivity contribution in [3.8, 4) is 0 Å². The molecule has 168 valence electrons. The van der Waals surface area contributed by atoms with Crippen LogP contribution < -0.4 is 4.90 Å². The summed E-state index contributed by atoms with van der Waals surface area (Å²) in [6.45, 7) is 6.29. The van der Waals surface area contributed by atoms with Crippen molar-refractivity contribution >= 4 is 21.6 Å². The van der Waals surface area contributed by atoms with Gasteiger partial charge >= 0.3 is 0 Å². The van der Waals surface area contributed by atoms with E-state index in [4.69, 9.17) is 0 Å². The van der Waals surface area contributed by atoms with Crippen molar-refractivity contribution in [3.05, 3.63) is 59.7 Å². The van der Waals surface area contributed by atoms with Gasteiger partial charge in [-0.05, 0) is 67.6 Å². The van der Waals surface area contributed by atoms with Gasteiger partial charge in [0.05, 0.1) is 4.90 Å². The Morgan fingerprint density at radius 3 is 2.10 bits per heavy atom. The van der Waals surface area contributed by atoms with Crippen LogP contribution in [0.2, 0.25) is 0 Å². The summed E-state index contributed by atoms with van der Waals surface area (Å²) in [5, 5.41) is 0. The third kappa shape index (κ3) is 5.46. The van der Waals surface area contributed by atoms with Crippen LogP contribution >= 0.6 is 0 Å². The molecular weight excluding hydrogens is 410 g/mol. The van der Waals surface area contributed by atoms with Crippen molar-refractivity contribution < 1.29 is 13.2 Å². The molecule has 0 spiro atoms. The molecule has 6 nitrogen and oxygen atoms in total. The first kappa shape index (κ1) is 23.3. The van der Waals surface area contributed by atoms with Crippen LogP contribution in [0, 0.1) is 5.92 Å². The van der Waals surface area contributed by atoms with Crippen LogP contribution in [0.3, 0.4) is 0 Å². The molecule has 0 N–H and O–H groups in total. The minimum atomic E-state index is -3.51. The predicted molar refractivity (Wildman–Crippen MR) is 125 cm³/mol. The molecule has 1 heterocycles. The molecule has 1 aliphatic rings. The molecule has 0 radical (unpaired) electrons. The first-order chi connectivity index (χ1) is 14.7. The number of hydrogen-bond acceptors (Lipinski definition) is 4. The highest BCUT2D eigenvalue weighted by atomic mass is 32.2. The maximum absolute atomic E-state index is 13.0. The van der Waals surface area contributed by atoms with Gasteiger partial charge in [-0.1, -0.05) is 19.1 Å². The number of amides is 1. The molecule has 0 saturated carbocycles. The average molecular weight is 444 g/mol. The molecule has 31 heavy (non-hydrogen) atoms. The molecule has 0 aromatic heterocycles. The van der Waals surface area contributed by atoms with Gasteiger partial charge in [-0.15, -0.1) is 0 Å². The average Bonchev–Trinajstić information content (AvgIpc) is 2.77. The van der Waals surface area contributed by atoms with Crippen LogP contribution in [0.5, 0.6) is 0 Å². The summed E-state index contributed by atoms with van der Waals surface area (Å²) in [6, 6.07) is 14.5. The molecule has 3 rings (SSSR count). The van der Waals surface area contributed by atoms with Crippen molar-refractivity contribution in [2.75, 3.05) is 38.6 Å². The number of carbonyl (C=O) groups excluding carboxylic acids is 1. The van der Waals surface area contributed by atoms with Crippen LogP contribution in [0.25, 0.3) is 0 Å². The smallest absolute Gasteiger partial charge is 0.254 e. The lowest BCUT2D eigenvalue weighted by atomic mass is 10.0. The molecule has 7 heteroatoms. The molecule has 1 saturated heterocycles. The van der Waals surface area contributed by atoms with E-state index in [1.807, 2.05) is 50.2 Å². The summed E-state index contributed by atoms with van der Waals surface area (Å²) in [7, 11) is 0.476. The Balaban J connectivity index is 1.70. The molecule has 0 aliphatic carbocycles. The number of nitrogens with zero attached hydrogens (tertiary/aromatic N) is 3. The van der Waals surface area contributed by atoms with E-state index in [2.05, 4.69) is 6.92 Å². The summed E-state index contributed by atoms with van der Waals surface area (Å²) >= 11 is 0. The fourth-order valence-corrected chi connectivity index (χ4v) is 5.24. The Kier molecular flexibility index (Phi) is 7.38. The van der Waals surface area contributed by atoms with E-state index >= 15 is 0 Å². The Morgan fingerprint density at radius 1 is 1.00 bits per heavy atom. The van der Waals surface area contributed by atoms with Gasteiger partial charge in [-0.25, -0.2) is 8.42 Å². The number of rotatable bonds is 7. The van der Waals surface area contributed by atoms with Gasteiger partial charge in [0.2, 0.25) is 10.0 Å². The first-order valence-electron chi connectivity index (χ1n) is 10.9. The van der Waals surface area contributed by atoms with E-state index in [0.29, 0.717) is 37.7 Å². The highest BCUT2D eigenvalue weighted by molar-refractivity contribution is 7.89. The fraction of sp³-hybridized carbons (Fsp3) is 0.458. The van der Waals surface area contributed by atoms with Gasteiger partial charge in [0.1, 0.15) is 0 Å². The maximum atomic E-state index is 13.0. The first-order valence-corrected chi connectivity index (χ1v) is 12.3. The SMILES string of the molecule is CCN(Cc1ccc(N(C)C)cc1)C(=O)c1ccc(S(=O)(=O)N2CCC(C)CC2)cc1. The molecule has 2 aromatic rings. The second-order valence-corrected chi connectivity index (χ2v) is 10.4. The standard InChI is InChI=1S/C24H33N3O3S/c1-5-26(18-20-6-10-22(11-7-20)25(3)4)24(28)21-8-12-23(13-9-21)31(29,30)27-16-14-19(2)15-17-27/h6-13,19H,5,14-18H2,1-4H3. The van der Waals surface area contributed by atoms with Gasteiger partial charge in [-0.3, -0.25) is 4.79 Å². The quantitative estimate of drug-likeness (QED) is 0.652. The third-order valence-corrected chi connectivity index (χ3v) is 7.89. The zero-order chi connectivity index (χ0) is 22.6. The summed E-state index contributed by atoms with van der Waals surface area (Å²) in [4.78, 5) is 17.1. The topological polar surface area (TPSA) is 60.9 Å². The van der Waals surface area contributed by atoms with Gasteiger partial charge in [-0.2, -0.15) is 4.31 Å². The number of hydrogen-bond donors (Lipinski definition) is 0. The second kappa shape index (κ2) is 9.83. The number of carbonyl (C=O) groups is 1. The molecule has 1 aliphatic heterocycles. The van der Waals surface area contributed by atoms with Crippen LogP contribution in [0.1, 0.15) is 42.6 Å². The zero-order valence-corrected chi connectivity index (χ0v) is 19.7. The van der Waals surface area contributed by atoms with E-state index in [-0.39, 0.29) is 10.8 Å². The molecule has 1 amide bonds. The number of piperidine rings is 1. The minimum absolute atomic E-state index is 0.102. The molecule has 0 unspecified atom stereocenters. The van der Waals surface area contributed by atoms with Gasteiger partial charge in [0.15, 0.2) is 0 Å². The van der Waals surface area contributed by atoms with Crippen molar-refractivity contribution in [3.63, 3.8) is 0 Å². The van der Waals surface area contributed by atoms with Crippen LogP contribution in [0.15, 0.2) is 53.4 Å². The minimum Gasteiger partial charge on any atom is -0.378 e. The van der Waals surface area contributed by atoms with Crippen LogP contribution in [0.4, 0.5) is 5.69 Å². The Hall–Kier alpha value is -2.38. The second-order valence-electron chi connectivity index (χ2n) is 8.49. The third-order valence-electron chi connectivity index (χ3n) is 5.98. The van der Waals surface area contributed by atoms with Gasteiger partial charge in [0, 0.05) is 51.5 Å². The summed E-state index contributed by atoms with van der Waals surface area (Å²) < 4.78 is 27.4. The Morgan fingerprint density at radius 2 is 1.58 bits per heavy atom. The lowest BCUT2D eigenvalue weighted by Gasteiger charge is -2.29. The van der Waals surface area contributed by atoms with E-state index in [9.17, 15) is 13.2 Å². The van der Waals surface area contributed by atoms with E-state index in [1.165, 1.54) is 0 Å². The van der Waals surface area contributed by atoms with Crippen molar-refractivity contribution in [2.24, 2.45) is 5.92 Å². The number of sulfonamides is 1. The molecule has 0 atom stereocenters.